The number of aromatic nitrogens is 3. The Balaban J connectivity index is 1.86. The van der Waals surface area contributed by atoms with Crippen molar-refractivity contribution in [1.29, 1.82) is 0 Å². The molecule has 1 amide bonds. The van der Waals surface area contributed by atoms with Crippen molar-refractivity contribution in [3.05, 3.63) is 105 Å². The molecule has 0 saturated carbocycles. The van der Waals surface area contributed by atoms with E-state index in [0.717, 1.165) is 10.0 Å². The van der Waals surface area contributed by atoms with Gasteiger partial charge >= 0.3 is 0 Å². The van der Waals surface area contributed by atoms with E-state index in [9.17, 15) is 9.59 Å². The number of fused-ring (bicyclic) bond motifs is 1. The first-order chi connectivity index (χ1) is 17.0. The molecule has 1 unspecified atom stereocenters. The van der Waals surface area contributed by atoms with Crippen LogP contribution in [0.4, 0.5) is 0 Å². The maximum Gasteiger partial charge on any atom is 0.263 e. The van der Waals surface area contributed by atoms with Gasteiger partial charge in [-0.25, -0.2) is 9.97 Å². The van der Waals surface area contributed by atoms with Crippen LogP contribution in [0.5, 0.6) is 0 Å². The predicted molar refractivity (Wildman–Crippen MR) is 141 cm³/mol. The Hall–Kier alpha value is -3.36. The van der Waals surface area contributed by atoms with E-state index in [1.54, 1.807) is 39.9 Å². The highest BCUT2D eigenvalue weighted by molar-refractivity contribution is 9.10. The number of benzene rings is 2. The summed E-state index contributed by atoms with van der Waals surface area (Å²) in [6.45, 7) is 3.43. The summed E-state index contributed by atoms with van der Waals surface area (Å²) in [7, 11) is 1.85. The minimum absolute atomic E-state index is 0.110. The van der Waals surface area contributed by atoms with Crippen molar-refractivity contribution >= 4 is 32.9 Å². The molecule has 0 aliphatic rings. The van der Waals surface area contributed by atoms with E-state index in [1.807, 2.05) is 56.4 Å². The molecule has 8 heteroatoms. The number of nitrogens with one attached hydrogen (secondary N) is 1. The van der Waals surface area contributed by atoms with E-state index in [-0.39, 0.29) is 11.5 Å². The molecule has 7 nitrogen and oxygen atoms in total. The maximum atomic E-state index is 13.7. The van der Waals surface area contributed by atoms with Gasteiger partial charge in [0.1, 0.15) is 5.82 Å². The lowest BCUT2D eigenvalue weighted by atomic mass is 10.1. The third kappa shape index (κ3) is 5.49. The van der Waals surface area contributed by atoms with Gasteiger partial charge in [0.2, 0.25) is 0 Å². The number of hydrogen-bond acceptors (Lipinski definition) is 5. The molecule has 0 radical (unpaired) electrons. The maximum absolute atomic E-state index is 13.7. The number of hydrogen-bond donors (Lipinski definition) is 1. The highest BCUT2D eigenvalue weighted by Gasteiger charge is 2.29. The fourth-order valence-corrected chi connectivity index (χ4v) is 4.44. The quantitative estimate of drug-likeness (QED) is 0.344. The van der Waals surface area contributed by atoms with Crippen molar-refractivity contribution in [2.75, 3.05) is 20.1 Å². The Kier molecular flexibility index (Phi) is 8.05. The van der Waals surface area contributed by atoms with E-state index in [2.05, 4.69) is 26.2 Å². The van der Waals surface area contributed by atoms with Gasteiger partial charge in [0, 0.05) is 29.3 Å². The Morgan fingerprint density at radius 3 is 2.51 bits per heavy atom. The molecule has 2 aromatic carbocycles. The minimum Gasteiger partial charge on any atom is -0.327 e. The van der Waals surface area contributed by atoms with Crippen LogP contribution < -0.4 is 10.9 Å². The number of rotatable bonds is 9. The van der Waals surface area contributed by atoms with Gasteiger partial charge in [-0.2, -0.15) is 0 Å². The molecule has 4 aromatic rings. The van der Waals surface area contributed by atoms with Crippen molar-refractivity contribution in [2.45, 2.75) is 25.9 Å². The molecule has 0 aliphatic carbocycles. The van der Waals surface area contributed by atoms with Crippen LogP contribution in [0.1, 0.15) is 41.1 Å². The van der Waals surface area contributed by atoms with Crippen molar-refractivity contribution in [2.24, 2.45) is 0 Å². The summed E-state index contributed by atoms with van der Waals surface area (Å²) in [5.74, 6) is 0.426. The smallest absolute Gasteiger partial charge is 0.263 e. The van der Waals surface area contributed by atoms with E-state index in [1.165, 1.54) is 0 Å². The number of pyridine rings is 1. The molecule has 2 aromatic heterocycles. The summed E-state index contributed by atoms with van der Waals surface area (Å²) in [5.41, 5.74) is 1.79. The number of carbonyl (C=O) groups is 1. The SMILES string of the molecule is CCC(c1nc2ncccc2c(=O)n1Cc1ccccc1)N(CCNC)C(=O)c1ccc(Br)cc1. The summed E-state index contributed by atoms with van der Waals surface area (Å²) in [6, 6.07) is 20.2. The van der Waals surface area contributed by atoms with Crippen LogP contribution in [0.2, 0.25) is 0 Å². The van der Waals surface area contributed by atoms with E-state index in [0.29, 0.717) is 48.5 Å². The second-order valence-corrected chi connectivity index (χ2v) is 9.17. The predicted octanol–water partition coefficient (Wildman–Crippen LogP) is 4.42. The average Bonchev–Trinajstić information content (AvgIpc) is 2.89. The average molecular weight is 534 g/mol. The fraction of sp³-hybridized carbons (Fsp3) is 0.259. The third-order valence-corrected chi connectivity index (χ3v) is 6.49. The molecule has 0 aliphatic heterocycles. The van der Waals surface area contributed by atoms with Gasteiger partial charge in [-0.1, -0.05) is 53.2 Å². The molecular weight excluding hydrogens is 506 g/mol. The Morgan fingerprint density at radius 2 is 1.83 bits per heavy atom. The van der Waals surface area contributed by atoms with Gasteiger partial charge in [-0.3, -0.25) is 14.2 Å². The number of halogens is 1. The molecule has 180 valence electrons. The monoisotopic (exact) mass is 533 g/mol. The van der Waals surface area contributed by atoms with Crippen LogP contribution in [-0.2, 0) is 6.54 Å². The standard InChI is InChI=1S/C27H28BrN5O2/c1-3-23(32(17-16-29-2)26(34)20-11-13-21(28)14-12-20)25-31-24-22(10-7-15-30-24)27(35)33(25)18-19-8-5-4-6-9-19/h4-15,23,29H,3,16-18H2,1-2H3. The summed E-state index contributed by atoms with van der Waals surface area (Å²) in [5, 5.41) is 3.60. The molecule has 4 rings (SSSR count). The van der Waals surface area contributed by atoms with Crippen LogP contribution in [0, 0.1) is 0 Å². The summed E-state index contributed by atoms with van der Waals surface area (Å²) < 4.78 is 2.59. The van der Waals surface area contributed by atoms with Crippen LogP contribution in [0.25, 0.3) is 11.0 Å². The number of nitrogens with zero attached hydrogens (tertiary/aromatic N) is 4. The molecule has 0 saturated heterocycles. The Labute approximate surface area is 213 Å². The largest absolute Gasteiger partial charge is 0.327 e. The second-order valence-electron chi connectivity index (χ2n) is 8.25. The van der Waals surface area contributed by atoms with E-state index in [4.69, 9.17) is 4.98 Å². The molecule has 0 bridgehead atoms. The molecular formula is C27H28BrN5O2. The summed E-state index contributed by atoms with van der Waals surface area (Å²) >= 11 is 3.43. The van der Waals surface area contributed by atoms with Crippen LogP contribution in [0.15, 0.2) is 82.2 Å². The Bertz CT molecular complexity index is 1360. The summed E-state index contributed by atoms with van der Waals surface area (Å²) in [6.07, 6.45) is 2.22. The fourth-order valence-electron chi connectivity index (χ4n) is 4.18. The zero-order chi connectivity index (χ0) is 24.8. The zero-order valence-corrected chi connectivity index (χ0v) is 21.4. The van der Waals surface area contributed by atoms with Crippen molar-refractivity contribution in [3.8, 4) is 0 Å². The normalized spacial score (nSPS) is 12.0. The molecule has 35 heavy (non-hydrogen) atoms. The van der Waals surface area contributed by atoms with Gasteiger partial charge < -0.3 is 10.2 Å². The molecule has 2 heterocycles. The van der Waals surface area contributed by atoms with Crippen LogP contribution in [0.3, 0.4) is 0 Å². The van der Waals surface area contributed by atoms with E-state index < -0.39 is 6.04 Å². The summed E-state index contributed by atoms with van der Waals surface area (Å²) in [4.78, 5) is 38.4. The van der Waals surface area contributed by atoms with Crippen LogP contribution in [-0.4, -0.2) is 45.5 Å². The number of carbonyl (C=O) groups excluding carboxylic acids is 1. The van der Waals surface area contributed by atoms with Crippen molar-refractivity contribution in [3.63, 3.8) is 0 Å². The van der Waals surface area contributed by atoms with E-state index >= 15 is 0 Å². The van der Waals surface area contributed by atoms with Gasteiger partial charge in [-0.15, -0.1) is 0 Å². The topological polar surface area (TPSA) is 80.1 Å². The number of likely N-dealkylation sites (N-methyl/N-ethyl adjacent to an activating group) is 1. The van der Waals surface area contributed by atoms with Crippen LogP contribution >= 0.6 is 15.9 Å². The van der Waals surface area contributed by atoms with Gasteiger partial charge in [0.05, 0.1) is 18.0 Å². The van der Waals surface area contributed by atoms with Gasteiger partial charge in [0.25, 0.3) is 11.5 Å². The number of amides is 1. The Morgan fingerprint density at radius 1 is 1.09 bits per heavy atom. The third-order valence-electron chi connectivity index (χ3n) is 5.96. The first kappa shape index (κ1) is 24.8. The first-order valence-corrected chi connectivity index (χ1v) is 12.4. The molecule has 0 spiro atoms. The lowest BCUT2D eigenvalue weighted by Crippen LogP contribution is -2.42. The van der Waals surface area contributed by atoms with Crippen molar-refractivity contribution < 1.29 is 4.79 Å². The van der Waals surface area contributed by atoms with Gasteiger partial charge in [0.15, 0.2) is 5.65 Å². The lowest BCUT2D eigenvalue weighted by molar-refractivity contribution is 0.0660. The second kappa shape index (κ2) is 11.4. The zero-order valence-electron chi connectivity index (χ0n) is 19.8. The van der Waals surface area contributed by atoms with Gasteiger partial charge in [-0.05, 0) is 55.4 Å². The lowest BCUT2D eigenvalue weighted by Gasteiger charge is -2.32. The molecule has 1 N–H and O–H groups in total. The minimum atomic E-state index is -0.415. The molecule has 1 atom stereocenters. The highest BCUT2D eigenvalue weighted by Crippen LogP contribution is 2.26. The molecule has 0 fully saturated rings. The first-order valence-electron chi connectivity index (χ1n) is 11.6. The highest BCUT2D eigenvalue weighted by atomic mass is 79.9. The van der Waals surface area contributed by atoms with Crippen molar-refractivity contribution in [1.82, 2.24) is 24.8 Å².